The van der Waals surface area contributed by atoms with Crippen LogP contribution in [0.4, 0.5) is 10.5 Å². The zero-order chi connectivity index (χ0) is 22.0. The highest BCUT2D eigenvalue weighted by Crippen LogP contribution is 2.35. The van der Waals surface area contributed by atoms with Gasteiger partial charge in [0, 0.05) is 36.9 Å². The van der Waals surface area contributed by atoms with Crippen molar-refractivity contribution in [2.45, 2.75) is 25.8 Å². The van der Waals surface area contributed by atoms with Crippen LogP contribution in [-0.2, 0) is 10.3 Å². The molecule has 0 bridgehead atoms. The second kappa shape index (κ2) is 8.89. The van der Waals surface area contributed by atoms with Gasteiger partial charge in [0.25, 0.3) is 5.91 Å². The summed E-state index contributed by atoms with van der Waals surface area (Å²) in [5.41, 5.74) is 0.951. The van der Waals surface area contributed by atoms with E-state index in [0.717, 1.165) is 42.5 Å². The molecule has 7 heteroatoms. The lowest BCUT2D eigenvalue weighted by Crippen LogP contribution is -2.52. The molecule has 164 valence electrons. The highest BCUT2D eigenvalue weighted by atomic mass is 35.5. The Hall–Kier alpha value is -2.57. The normalized spacial score (nSPS) is 22.3. The zero-order valence-corrected chi connectivity index (χ0v) is 18.8. The quantitative estimate of drug-likeness (QED) is 0.692. The lowest BCUT2D eigenvalue weighted by Gasteiger charge is -2.37. The summed E-state index contributed by atoms with van der Waals surface area (Å²) in [6.07, 6.45) is 0.570. The minimum Gasteiger partial charge on any atom is -0.369 e. The molecule has 0 spiro atoms. The Bertz CT molecular complexity index is 944. The number of halogens is 1. The van der Waals surface area contributed by atoms with Crippen molar-refractivity contribution in [3.8, 4) is 0 Å². The van der Waals surface area contributed by atoms with Crippen LogP contribution in [0.2, 0.25) is 5.02 Å². The Morgan fingerprint density at radius 2 is 1.71 bits per heavy atom. The number of hydrogen-bond donors (Lipinski definition) is 1. The van der Waals surface area contributed by atoms with E-state index in [0.29, 0.717) is 13.1 Å². The van der Waals surface area contributed by atoms with E-state index in [1.807, 2.05) is 48.5 Å². The van der Waals surface area contributed by atoms with Crippen molar-refractivity contribution in [1.82, 2.24) is 15.1 Å². The van der Waals surface area contributed by atoms with Gasteiger partial charge >= 0.3 is 6.03 Å². The van der Waals surface area contributed by atoms with E-state index in [1.165, 1.54) is 4.90 Å². The van der Waals surface area contributed by atoms with Gasteiger partial charge in [-0.15, -0.1) is 0 Å². The van der Waals surface area contributed by atoms with Gasteiger partial charge in [-0.05, 0) is 36.1 Å². The van der Waals surface area contributed by atoms with E-state index in [9.17, 15) is 9.59 Å². The zero-order valence-electron chi connectivity index (χ0n) is 18.1. The second-order valence-electron chi connectivity index (χ2n) is 8.76. The van der Waals surface area contributed by atoms with Crippen LogP contribution in [0, 0.1) is 5.92 Å². The first-order chi connectivity index (χ1) is 14.9. The Morgan fingerprint density at radius 3 is 2.35 bits per heavy atom. The molecule has 2 aliphatic rings. The first-order valence-corrected chi connectivity index (χ1v) is 11.2. The van der Waals surface area contributed by atoms with Crippen LogP contribution in [-0.4, -0.2) is 54.6 Å². The monoisotopic (exact) mass is 440 g/mol. The number of benzene rings is 2. The number of hydrogen-bond acceptors (Lipinski definition) is 4. The molecule has 0 unspecified atom stereocenters. The van der Waals surface area contributed by atoms with Crippen LogP contribution in [0.15, 0.2) is 54.6 Å². The van der Waals surface area contributed by atoms with Crippen molar-refractivity contribution >= 4 is 29.2 Å². The van der Waals surface area contributed by atoms with Crippen LogP contribution in [0.3, 0.4) is 0 Å². The standard InChI is InChI=1S/C24H29ClN4O2/c1-18(2)16-24(19-7-4-3-5-8-19)22(30)29(23(31)26-24)17-27-11-13-28(14-12-27)21-10-6-9-20(25)15-21/h3-10,15,18H,11-14,16-17H2,1-2H3,(H,26,31)/t24-/m0/s1. The molecule has 2 aromatic carbocycles. The molecule has 0 aliphatic carbocycles. The van der Waals surface area contributed by atoms with Crippen molar-refractivity contribution in [2.24, 2.45) is 5.92 Å². The minimum absolute atomic E-state index is 0.158. The van der Waals surface area contributed by atoms with Gasteiger partial charge in [0.05, 0.1) is 6.67 Å². The molecule has 2 fully saturated rings. The average Bonchev–Trinajstić information content (AvgIpc) is 2.99. The molecule has 0 saturated carbocycles. The Morgan fingerprint density at radius 1 is 1.00 bits per heavy atom. The van der Waals surface area contributed by atoms with Gasteiger partial charge in [-0.3, -0.25) is 9.69 Å². The number of carbonyl (C=O) groups excluding carboxylic acids is 2. The molecular formula is C24H29ClN4O2. The highest BCUT2D eigenvalue weighted by molar-refractivity contribution is 6.30. The fourth-order valence-electron chi connectivity index (χ4n) is 4.56. The summed E-state index contributed by atoms with van der Waals surface area (Å²) in [7, 11) is 0. The number of nitrogens with zero attached hydrogens (tertiary/aromatic N) is 3. The minimum atomic E-state index is -0.991. The van der Waals surface area contributed by atoms with Gasteiger partial charge < -0.3 is 10.2 Å². The van der Waals surface area contributed by atoms with Gasteiger partial charge in [0.2, 0.25) is 0 Å². The summed E-state index contributed by atoms with van der Waals surface area (Å²) >= 11 is 6.13. The molecule has 6 nitrogen and oxygen atoms in total. The number of nitrogens with one attached hydrogen (secondary N) is 1. The molecular weight excluding hydrogens is 412 g/mol. The second-order valence-corrected chi connectivity index (χ2v) is 9.20. The van der Waals surface area contributed by atoms with E-state index in [-0.39, 0.29) is 17.9 Å². The first-order valence-electron chi connectivity index (χ1n) is 10.8. The van der Waals surface area contributed by atoms with Crippen LogP contribution in [0.5, 0.6) is 0 Å². The summed E-state index contributed by atoms with van der Waals surface area (Å²) in [4.78, 5) is 32.3. The Balaban J connectivity index is 1.46. The fraction of sp³-hybridized carbons (Fsp3) is 0.417. The summed E-state index contributed by atoms with van der Waals surface area (Å²) in [5, 5.41) is 3.75. The summed E-state index contributed by atoms with van der Waals surface area (Å²) in [5.74, 6) is 0.0975. The third-order valence-electron chi connectivity index (χ3n) is 6.04. The maximum atomic E-state index is 13.6. The van der Waals surface area contributed by atoms with Crippen molar-refractivity contribution < 1.29 is 9.59 Å². The molecule has 1 N–H and O–H groups in total. The van der Waals surface area contributed by atoms with E-state index < -0.39 is 5.54 Å². The SMILES string of the molecule is CC(C)C[C@@]1(c2ccccc2)NC(=O)N(CN2CCN(c3cccc(Cl)c3)CC2)C1=O. The van der Waals surface area contributed by atoms with Gasteiger partial charge in [-0.2, -0.15) is 0 Å². The van der Waals surface area contributed by atoms with Crippen LogP contribution >= 0.6 is 11.6 Å². The highest BCUT2D eigenvalue weighted by Gasteiger charge is 2.52. The van der Waals surface area contributed by atoms with Gasteiger partial charge in [-0.25, -0.2) is 9.69 Å². The van der Waals surface area contributed by atoms with Crippen LogP contribution in [0.1, 0.15) is 25.8 Å². The molecule has 2 heterocycles. The van der Waals surface area contributed by atoms with Crippen molar-refractivity contribution in [2.75, 3.05) is 37.7 Å². The maximum absolute atomic E-state index is 13.6. The third-order valence-corrected chi connectivity index (χ3v) is 6.28. The Kier molecular flexibility index (Phi) is 6.21. The number of piperazine rings is 1. The van der Waals surface area contributed by atoms with E-state index in [1.54, 1.807) is 0 Å². The van der Waals surface area contributed by atoms with Crippen molar-refractivity contribution in [3.05, 3.63) is 65.2 Å². The molecule has 0 radical (unpaired) electrons. The third kappa shape index (κ3) is 4.41. The number of carbonyl (C=O) groups is 2. The largest absolute Gasteiger partial charge is 0.369 e. The predicted octanol–water partition coefficient (Wildman–Crippen LogP) is 3.91. The molecule has 2 aliphatic heterocycles. The number of rotatable bonds is 6. The number of amides is 3. The van der Waals surface area contributed by atoms with Crippen LogP contribution < -0.4 is 10.2 Å². The lowest BCUT2D eigenvalue weighted by atomic mass is 9.82. The first kappa shape index (κ1) is 21.7. The summed E-state index contributed by atoms with van der Waals surface area (Å²) in [6.45, 7) is 7.63. The topological polar surface area (TPSA) is 55.9 Å². The number of imide groups is 1. The average molecular weight is 441 g/mol. The molecule has 2 aromatic rings. The van der Waals surface area contributed by atoms with E-state index in [4.69, 9.17) is 11.6 Å². The number of urea groups is 1. The van der Waals surface area contributed by atoms with Crippen molar-refractivity contribution in [1.29, 1.82) is 0 Å². The molecule has 1 atom stereocenters. The molecule has 4 rings (SSSR count). The van der Waals surface area contributed by atoms with Gasteiger partial charge in [0.15, 0.2) is 0 Å². The lowest BCUT2D eigenvalue weighted by molar-refractivity contribution is -0.133. The fourth-order valence-corrected chi connectivity index (χ4v) is 4.75. The molecule has 31 heavy (non-hydrogen) atoms. The predicted molar refractivity (Wildman–Crippen MR) is 123 cm³/mol. The van der Waals surface area contributed by atoms with Gasteiger partial charge in [-0.1, -0.05) is 61.8 Å². The van der Waals surface area contributed by atoms with E-state index >= 15 is 0 Å². The summed E-state index contributed by atoms with van der Waals surface area (Å²) < 4.78 is 0. The maximum Gasteiger partial charge on any atom is 0.326 e. The van der Waals surface area contributed by atoms with Crippen LogP contribution in [0.25, 0.3) is 0 Å². The smallest absolute Gasteiger partial charge is 0.326 e. The molecule has 3 amide bonds. The van der Waals surface area contributed by atoms with E-state index in [2.05, 4.69) is 35.0 Å². The molecule has 0 aromatic heterocycles. The van der Waals surface area contributed by atoms with Gasteiger partial charge in [0.1, 0.15) is 5.54 Å². The van der Waals surface area contributed by atoms with Crippen molar-refractivity contribution in [3.63, 3.8) is 0 Å². The number of anilines is 1. The Labute approximate surface area is 188 Å². The molecule has 2 saturated heterocycles. The summed E-state index contributed by atoms with van der Waals surface area (Å²) in [6, 6.07) is 17.1.